The Morgan fingerprint density at radius 2 is 2.17 bits per heavy atom. The molecule has 0 aliphatic carbocycles. The first kappa shape index (κ1) is 14.7. The van der Waals surface area contributed by atoms with Crippen LogP contribution in [0.15, 0.2) is 6.07 Å². The highest BCUT2D eigenvalue weighted by Crippen LogP contribution is 2.08. The molecule has 0 radical (unpaired) electrons. The molecule has 1 N–H and O–H groups in total. The Balaban J connectivity index is 2.57. The van der Waals surface area contributed by atoms with Gasteiger partial charge in [-0.25, -0.2) is 0 Å². The van der Waals surface area contributed by atoms with Gasteiger partial charge in [0.2, 0.25) is 0 Å². The van der Waals surface area contributed by atoms with Gasteiger partial charge in [0.05, 0.1) is 5.69 Å². The van der Waals surface area contributed by atoms with E-state index >= 15 is 0 Å². The van der Waals surface area contributed by atoms with Gasteiger partial charge in [0.15, 0.2) is 0 Å². The quantitative estimate of drug-likeness (QED) is 0.748. The molecule has 5 heteroatoms. The SMILES string of the molecule is CCn1nc(C)cc1C(=O)N(C)CCCCCO. The zero-order valence-corrected chi connectivity index (χ0v) is 11.5. The molecule has 1 aromatic rings. The molecule has 5 nitrogen and oxygen atoms in total. The van der Waals surface area contributed by atoms with Gasteiger partial charge < -0.3 is 10.0 Å². The molecular formula is C13H23N3O2. The van der Waals surface area contributed by atoms with E-state index in [4.69, 9.17) is 5.11 Å². The van der Waals surface area contributed by atoms with Crippen molar-refractivity contribution in [2.75, 3.05) is 20.2 Å². The third kappa shape index (κ3) is 3.84. The summed E-state index contributed by atoms with van der Waals surface area (Å²) in [4.78, 5) is 13.9. The second-order valence-corrected chi connectivity index (χ2v) is 4.50. The number of unbranched alkanes of at least 4 members (excludes halogenated alkanes) is 2. The van der Waals surface area contributed by atoms with Crippen molar-refractivity contribution in [3.05, 3.63) is 17.5 Å². The lowest BCUT2D eigenvalue weighted by atomic mass is 10.2. The molecule has 18 heavy (non-hydrogen) atoms. The first-order chi connectivity index (χ1) is 8.60. The molecule has 0 saturated carbocycles. The number of hydrogen-bond acceptors (Lipinski definition) is 3. The molecule has 1 amide bonds. The van der Waals surface area contributed by atoms with Crippen LogP contribution in [0.1, 0.15) is 42.4 Å². The van der Waals surface area contributed by atoms with Gasteiger partial charge in [0.25, 0.3) is 5.91 Å². The minimum Gasteiger partial charge on any atom is -0.396 e. The van der Waals surface area contributed by atoms with Gasteiger partial charge in [-0.2, -0.15) is 5.10 Å². The predicted molar refractivity (Wildman–Crippen MR) is 70.5 cm³/mol. The van der Waals surface area contributed by atoms with Crippen molar-refractivity contribution in [3.63, 3.8) is 0 Å². The van der Waals surface area contributed by atoms with Crippen LogP contribution in [-0.2, 0) is 6.54 Å². The summed E-state index contributed by atoms with van der Waals surface area (Å²) in [6.07, 6.45) is 2.66. The number of aliphatic hydroxyl groups excluding tert-OH is 1. The number of aromatic nitrogens is 2. The van der Waals surface area contributed by atoms with Crippen molar-refractivity contribution in [3.8, 4) is 0 Å². The largest absolute Gasteiger partial charge is 0.396 e. The van der Waals surface area contributed by atoms with Crippen LogP contribution in [0.5, 0.6) is 0 Å². The third-order valence-corrected chi connectivity index (χ3v) is 2.92. The highest BCUT2D eigenvalue weighted by Gasteiger charge is 2.16. The molecule has 1 heterocycles. The van der Waals surface area contributed by atoms with Crippen LogP contribution in [0.2, 0.25) is 0 Å². The number of carbonyl (C=O) groups excluding carboxylic acids is 1. The normalized spacial score (nSPS) is 10.7. The Morgan fingerprint density at radius 3 is 2.78 bits per heavy atom. The molecule has 0 aromatic carbocycles. The lowest BCUT2D eigenvalue weighted by Gasteiger charge is -2.17. The van der Waals surface area contributed by atoms with Crippen molar-refractivity contribution < 1.29 is 9.90 Å². The first-order valence-corrected chi connectivity index (χ1v) is 6.51. The highest BCUT2D eigenvalue weighted by atomic mass is 16.2. The maximum absolute atomic E-state index is 12.2. The molecule has 1 rings (SSSR count). The molecule has 0 saturated heterocycles. The Bertz CT molecular complexity index is 388. The van der Waals surface area contributed by atoms with Crippen molar-refractivity contribution in [1.29, 1.82) is 0 Å². The Hall–Kier alpha value is -1.36. The van der Waals surface area contributed by atoms with Gasteiger partial charge in [0.1, 0.15) is 5.69 Å². The molecule has 0 fully saturated rings. The number of rotatable bonds is 7. The molecule has 0 atom stereocenters. The van der Waals surface area contributed by atoms with Gasteiger partial charge in [-0.15, -0.1) is 0 Å². The second kappa shape index (κ2) is 7.16. The number of aliphatic hydroxyl groups is 1. The fourth-order valence-corrected chi connectivity index (χ4v) is 1.89. The Morgan fingerprint density at radius 1 is 1.44 bits per heavy atom. The predicted octanol–water partition coefficient (Wildman–Crippen LogP) is 1.45. The third-order valence-electron chi connectivity index (χ3n) is 2.92. The first-order valence-electron chi connectivity index (χ1n) is 6.51. The van der Waals surface area contributed by atoms with Crippen LogP contribution in [0.3, 0.4) is 0 Å². The summed E-state index contributed by atoms with van der Waals surface area (Å²) in [7, 11) is 1.81. The molecule has 102 valence electrons. The average molecular weight is 253 g/mol. The smallest absolute Gasteiger partial charge is 0.271 e. The Labute approximate surface area is 108 Å². The number of aryl methyl sites for hydroxylation is 2. The molecule has 0 aliphatic heterocycles. The van der Waals surface area contributed by atoms with Gasteiger partial charge in [-0.1, -0.05) is 0 Å². The van der Waals surface area contributed by atoms with Gasteiger partial charge in [0, 0.05) is 26.7 Å². The standard InChI is InChI=1S/C13H23N3O2/c1-4-16-12(10-11(2)14-16)13(18)15(3)8-6-5-7-9-17/h10,17H,4-9H2,1-3H3. The van der Waals surface area contributed by atoms with Gasteiger partial charge >= 0.3 is 0 Å². The summed E-state index contributed by atoms with van der Waals surface area (Å²) in [6.45, 7) is 5.51. The van der Waals surface area contributed by atoms with Gasteiger partial charge in [-0.05, 0) is 39.2 Å². The van der Waals surface area contributed by atoms with Crippen LogP contribution in [-0.4, -0.2) is 45.9 Å². The van der Waals surface area contributed by atoms with E-state index in [1.807, 2.05) is 27.0 Å². The lowest BCUT2D eigenvalue weighted by Crippen LogP contribution is -2.29. The van der Waals surface area contributed by atoms with E-state index in [-0.39, 0.29) is 12.5 Å². The topological polar surface area (TPSA) is 58.4 Å². The van der Waals surface area contributed by atoms with E-state index in [2.05, 4.69) is 5.10 Å². The van der Waals surface area contributed by atoms with E-state index in [9.17, 15) is 4.79 Å². The van der Waals surface area contributed by atoms with Crippen molar-refractivity contribution in [2.24, 2.45) is 0 Å². The fraction of sp³-hybridized carbons (Fsp3) is 0.692. The van der Waals surface area contributed by atoms with E-state index in [1.54, 1.807) is 9.58 Å². The molecule has 1 aromatic heterocycles. The average Bonchev–Trinajstić information content (AvgIpc) is 2.74. The molecule has 0 spiro atoms. The van der Waals surface area contributed by atoms with Crippen LogP contribution in [0.4, 0.5) is 0 Å². The zero-order chi connectivity index (χ0) is 13.5. The molecular weight excluding hydrogens is 230 g/mol. The summed E-state index contributed by atoms with van der Waals surface area (Å²) in [5, 5.41) is 13.0. The number of carbonyl (C=O) groups is 1. The summed E-state index contributed by atoms with van der Waals surface area (Å²) >= 11 is 0. The Kier molecular flexibility index (Phi) is 5.85. The van der Waals surface area contributed by atoms with Crippen LogP contribution >= 0.6 is 0 Å². The molecule has 0 bridgehead atoms. The number of amides is 1. The van der Waals surface area contributed by atoms with Crippen LogP contribution in [0, 0.1) is 6.92 Å². The fourth-order valence-electron chi connectivity index (χ4n) is 1.89. The summed E-state index contributed by atoms with van der Waals surface area (Å²) in [5.74, 6) is 0.0152. The van der Waals surface area contributed by atoms with Crippen LogP contribution in [0.25, 0.3) is 0 Å². The number of nitrogens with zero attached hydrogens (tertiary/aromatic N) is 3. The van der Waals surface area contributed by atoms with Gasteiger partial charge in [-0.3, -0.25) is 9.48 Å². The monoisotopic (exact) mass is 253 g/mol. The molecule has 0 unspecified atom stereocenters. The van der Waals surface area contributed by atoms with E-state index < -0.39 is 0 Å². The summed E-state index contributed by atoms with van der Waals surface area (Å²) < 4.78 is 1.74. The van der Waals surface area contributed by atoms with E-state index in [0.29, 0.717) is 18.8 Å². The minimum absolute atomic E-state index is 0.0152. The number of hydrogen-bond donors (Lipinski definition) is 1. The van der Waals surface area contributed by atoms with E-state index in [1.165, 1.54) is 0 Å². The highest BCUT2D eigenvalue weighted by molar-refractivity contribution is 5.92. The van der Waals surface area contributed by atoms with Crippen molar-refractivity contribution in [2.45, 2.75) is 39.7 Å². The van der Waals surface area contributed by atoms with Crippen LogP contribution < -0.4 is 0 Å². The minimum atomic E-state index is 0.0152. The zero-order valence-electron chi connectivity index (χ0n) is 11.5. The maximum Gasteiger partial charge on any atom is 0.271 e. The van der Waals surface area contributed by atoms with Crippen molar-refractivity contribution >= 4 is 5.91 Å². The molecule has 0 aliphatic rings. The lowest BCUT2D eigenvalue weighted by molar-refractivity contribution is 0.0780. The maximum atomic E-state index is 12.2. The summed E-state index contributed by atoms with van der Waals surface area (Å²) in [6, 6.07) is 1.83. The summed E-state index contributed by atoms with van der Waals surface area (Å²) in [5.41, 5.74) is 1.52. The van der Waals surface area contributed by atoms with Crippen molar-refractivity contribution in [1.82, 2.24) is 14.7 Å². The second-order valence-electron chi connectivity index (χ2n) is 4.50. The van der Waals surface area contributed by atoms with E-state index in [0.717, 1.165) is 25.0 Å².